The quantitative estimate of drug-likeness (QED) is 0.444. The number of ketones is 1. The Morgan fingerprint density at radius 3 is 2.95 bits per heavy atom. The molecule has 1 heterocycles. The van der Waals surface area contributed by atoms with Crippen LogP contribution >= 0.6 is 0 Å². The minimum atomic E-state index is -0.659. The molecule has 3 atom stereocenters. The van der Waals surface area contributed by atoms with Gasteiger partial charge in [-0.2, -0.15) is 0 Å². The van der Waals surface area contributed by atoms with Gasteiger partial charge >= 0.3 is 5.70 Å². The van der Waals surface area contributed by atoms with Crippen LogP contribution in [0.1, 0.15) is 10.4 Å². The second kappa shape index (κ2) is 3.50. The summed E-state index contributed by atoms with van der Waals surface area (Å²) in [4.78, 5) is 23.0. The second-order valence-corrected chi connectivity index (χ2v) is 5.23. The molecule has 1 aromatic carbocycles. The van der Waals surface area contributed by atoms with Crippen LogP contribution in [0.5, 0.6) is 5.75 Å². The number of fused-ring (bicyclic) bond motifs is 4. The fourth-order valence-electron chi connectivity index (χ4n) is 3.15. The van der Waals surface area contributed by atoms with Gasteiger partial charge in [0.1, 0.15) is 30.3 Å². The number of ether oxygens (including phenoxy) is 1. The Kier molecular flexibility index (Phi) is 1.98. The number of carbonyl (C=O) groups excluding carboxylic acids is 1. The molecule has 1 fully saturated rings. The standard InChI is InChI=1S/C15H10NO4/c17-13-10-5-1-2-6-11(10)20-14-12(13)15(14)7-3-4-9(8-15)16(18)19/h1-8,12,14H/q+1/t12-,14+,15?/m0/s1. The first-order valence-electron chi connectivity index (χ1n) is 6.33. The van der Waals surface area contributed by atoms with E-state index in [1.54, 1.807) is 30.4 Å². The highest BCUT2D eigenvalue weighted by molar-refractivity contribution is 6.05. The van der Waals surface area contributed by atoms with Crippen molar-refractivity contribution in [3.8, 4) is 5.75 Å². The van der Waals surface area contributed by atoms with Gasteiger partial charge in [-0.1, -0.05) is 12.1 Å². The molecule has 0 aromatic heterocycles. The Bertz CT molecular complexity index is 706. The predicted octanol–water partition coefficient (Wildman–Crippen LogP) is 2.18. The van der Waals surface area contributed by atoms with Crippen LogP contribution in [0.25, 0.3) is 0 Å². The Hall–Kier alpha value is -2.56. The molecule has 2 aliphatic carbocycles. The Morgan fingerprint density at radius 2 is 2.15 bits per heavy atom. The van der Waals surface area contributed by atoms with E-state index < -0.39 is 10.3 Å². The van der Waals surface area contributed by atoms with Crippen LogP contribution in [0, 0.1) is 27.9 Å². The highest BCUT2D eigenvalue weighted by Crippen LogP contribution is 2.62. The lowest BCUT2D eigenvalue weighted by atomic mass is 9.92. The first-order chi connectivity index (χ1) is 9.63. The molecule has 0 radical (unpaired) electrons. The lowest BCUT2D eigenvalue weighted by Gasteiger charge is -2.13. The molecule has 5 heteroatoms. The first kappa shape index (κ1) is 11.3. The summed E-state index contributed by atoms with van der Waals surface area (Å²) in [6.45, 7) is 0. The third-order valence-corrected chi connectivity index (χ3v) is 4.17. The van der Waals surface area contributed by atoms with Crippen molar-refractivity contribution in [1.29, 1.82) is 0 Å². The number of hydrogen-bond acceptors (Lipinski definition) is 4. The number of para-hydroxylation sites is 1. The summed E-state index contributed by atoms with van der Waals surface area (Å²) in [6, 6.07) is 7.09. The van der Waals surface area contributed by atoms with Gasteiger partial charge in [0.25, 0.3) is 0 Å². The number of allylic oxidation sites excluding steroid dienone is 1. The van der Waals surface area contributed by atoms with Gasteiger partial charge in [-0.3, -0.25) is 14.9 Å². The largest absolute Gasteiger partial charge is 0.485 e. The van der Waals surface area contributed by atoms with E-state index in [0.29, 0.717) is 11.3 Å². The van der Waals surface area contributed by atoms with Crippen molar-refractivity contribution < 1.29 is 14.5 Å². The van der Waals surface area contributed by atoms with Crippen molar-refractivity contribution in [3.63, 3.8) is 0 Å². The molecule has 1 spiro atoms. The van der Waals surface area contributed by atoms with Crippen molar-refractivity contribution in [2.45, 2.75) is 6.10 Å². The van der Waals surface area contributed by atoms with E-state index >= 15 is 0 Å². The second-order valence-electron chi connectivity index (χ2n) is 5.23. The number of nitro groups is 1. The van der Waals surface area contributed by atoms with Crippen LogP contribution < -0.4 is 4.74 Å². The number of Topliss-reactive ketones (excluding diaryl/α,β-unsaturated/α-hetero) is 1. The molecule has 1 saturated carbocycles. The van der Waals surface area contributed by atoms with E-state index in [1.807, 2.05) is 12.1 Å². The van der Waals surface area contributed by atoms with Crippen LogP contribution in [-0.4, -0.2) is 16.8 Å². The third kappa shape index (κ3) is 1.27. The Labute approximate surface area is 114 Å². The molecule has 20 heavy (non-hydrogen) atoms. The number of hydrogen-bond donors (Lipinski definition) is 0. The van der Waals surface area contributed by atoms with Gasteiger partial charge in [-0.15, -0.1) is 0 Å². The van der Waals surface area contributed by atoms with E-state index in [9.17, 15) is 14.9 Å². The highest BCUT2D eigenvalue weighted by Gasteiger charge is 2.76. The molecule has 98 valence electrons. The molecule has 0 bridgehead atoms. The fraction of sp³-hybridized carbons (Fsp3) is 0.200. The molecule has 3 aliphatic rings. The minimum absolute atomic E-state index is 0.00217. The number of carbonyl (C=O) groups is 1. The predicted molar refractivity (Wildman–Crippen MR) is 69.6 cm³/mol. The SMILES string of the molecule is O=C1c2ccccc2O[C@@H]2[C@H]1C21C=C[CH+]C([N+](=O)[O-])=C1. The molecular formula is C15H10NO4+. The maximum absolute atomic E-state index is 12.5. The summed E-state index contributed by atoms with van der Waals surface area (Å²) in [7, 11) is 0. The maximum Gasteiger partial charge on any atom is 0.368 e. The van der Waals surface area contributed by atoms with Crippen molar-refractivity contribution >= 4 is 5.78 Å². The van der Waals surface area contributed by atoms with Gasteiger partial charge in [-0.05, 0) is 12.1 Å². The molecular weight excluding hydrogens is 258 g/mol. The summed E-state index contributed by atoms with van der Waals surface area (Å²) in [6.07, 6.45) is 6.13. The zero-order chi connectivity index (χ0) is 13.9. The van der Waals surface area contributed by atoms with E-state index in [2.05, 4.69) is 0 Å². The monoisotopic (exact) mass is 268 g/mol. The third-order valence-electron chi connectivity index (χ3n) is 4.17. The zero-order valence-electron chi connectivity index (χ0n) is 10.4. The number of rotatable bonds is 1. The van der Waals surface area contributed by atoms with Gasteiger partial charge in [0.15, 0.2) is 11.2 Å². The molecule has 1 unspecified atom stereocenters. The number of nitrogens with zero attached hydrogens (tertiary/aromatic N) is 1. The van der Waals surface area contributed by atoms with E-state index in [4.69, 9.17) is 4.74 Å². The molecule has 5 nitrogen and oxygen atoms in total. The van der Waals surface area contributed by atoms with Crippen molar-refractivity contribution in [3.05, 3.63) is 70.3 Å². The summed E-state index contributed by atoms with van der Waals surface area (Å²) in [5.74, 6) is 0.217. The summed E-state index contributed by atoms with van der Waals surface area (Å²) in [5.41, 5.74) is -0.0836. The lowest BCUT2D eigenvalue weighted by Crippen LogP contribution is -2.16. The highest BCUT2D eigenvalue weighted by atomic mass is 16.6. The Morgan fingerprint density at radius 1 is 1.35 bits per heavy atom. The van der Waals surface area contributed by atoms with Gasteiger partial charge < -0.3 is 4.74 Å². The lowest BCUT2D eigenvalue weighted by molar-refractivity contribution is -0.421. The van der Waals surface area contributed by atoms with E-state index in [0.717, 1.165) is 0 Å². The van der Waals surface area contributed by atoms with Crippen LogP contribution in [0.3, 0.4) is 0 Å². The molecule has 0 N–H and O–H groups in total. The minimum Gasteiger partial charge on any atom is -0.485 e. The van der Waals surface area contributed by atoms with Crippen molar-refractivity contribution in [1.82, 2.24) is 0 Å². The summed E-state index contributed by atoms with van der Waals surface area (Å²) < 4.78 is 5.84. The average Bonchev–Trinajstić information content (AvgIpc) is 3.05. The molecule has 4 rings (SSSR count). The van der Waals surface area contributed by atoms with Gasteiger partial charge in [0.05, 0.1) is 16.6 Å². The molecule has 0 saturated heterocycles. The summed E-state index contributed by atoms with van der Waals surface area (Å²) >= 11 is 0. The molecule has 1 aliphatic heterocycles. The van der Waals surface area contributed by atoms with Crippen LogP contribution in [0.4, 0.5) is 0 Å². The van der Waals surface area contributed by atoms with Gasteiger partial charge in [0.2, 0.25) is 0 Å². The van der Waals surface area contributed by atoms with Gasteiger partial charge in [0, 0.05) is 6.08 Å². The number of benzene rings is 1. The van der Waals surface area contributed by atoms with Gasteiger partial charge in [-0.25, -0.2) is 0 Å². The summed E-state index contributed by atoms with van der Waals surface area (Å²) in [5, 5.41) is 10.9. The van der Waals surface area contributed by atoms with Crippen LogP contribution in [0.15, 0.2) is 48.2 Å². The normalized spacial score (nSPS) is 32.6. The van der Waals surface area contributed by atoms with Crippen molar-refractivity contribution in [2.75, 3.05) is 0 Å². The Balaban J connectivity index is 1.77. The van der Waals surface area contributed by atoms with E-state index in [1.165, 1.54) is 6.42 Å². The molecule has 0 amide bonds. The average molecular weight is 268 g/mol. The topological polar surface area (TPSA) is 69.4 Å². The fourth-order valence-corrected chi connectivity index (χ4v) is 3.15. The molecule has 1 aromatic rings. The van der Waals surface area contributed by atoms with Crippen LogP contribution in [0.2, 0.25) is 0 Å². The smallest absolute Gasteiger partial charge is 0.368 e. The zero-order valence-corrected chi connectivity index (χ0v) is 10.4. The van der Waals surface area contributed by atoms with Crippen LogP contribution in [-0.2, 0) is 0 Å². The maximum atomic E-state index is 12.5. The van der Waals surface area contributed by atoms with Crippen molar-refractivity contribution in [2.24, 2.45) is 11.3 Å². The first-order valence-corrected chi connectivity index (χ1v) is 6.33. The van der Waals surface area contributed by atoms with E-state index in [-0.39, 0.29) is 23.5 Å².